The van der Waals surface area contributed by atoms with Crippen LogP contribution in [0.15, 0.2) is 35.3 Å². The highest BCUT2D eigenvalue weighted by Crippen LogP contribution is 2.19. The lowest BCUT2D eigenvalue weighted by Crippen LogP contribution is -2.53. The van der Waals surface area contributed by atoms with Gasteiger partial charge in [0.15, 0.2) is 5.96 Å². The molecule has 1 atom stereocenters. The average Bonchev–Trinajstić information content (AvgIpc) is 2.55. The van der Waals surface area contributed by atoms with Crippen LogP contribution in [0.2, 0.25) is 0 Å². The highest BCUT2D eigenvalue weighted by atomic mass is 32.2. The van der Waals surface area contributed by atoms with Crippen molar-refractivity contribution < 1.29 is 0 Å². The van der Waals surface area contributed by atoms with Crippen molar-refractivity contribution in [1.82, 2.24) is 16.0 Å². The monoisotopic (exact) mass is 350 g/mol. The summed E-state index contributed by atoms with van der Waals surface area (Å²) < 4.78 is 0.188. The minimum atomic E-state index is -0.0537. The summed E-state index contributed by atoms with van der Waals surface area (Å²) in [6.45, 7) is 12.7. The van der Waals surface area contributed by atoms with Gasteiger partial charge >= 0.3 is 0 Å². The Hall–Kier alpha value is -1.20. The van der Waals surface area contributed by atoms with E-state index < -0.39 is 0 Å². The van der Waals surface area contributed by atoms with Gasteiger partial charge in [0.1, 0.15) is 0 Å². The Kier molecular flexibility index (Phi) is 8.10. The van der Waals surface area contributed by atoms with Gasteiger partial charge in [0.05, 0.1) is 0 Å². The summed E-state index contributed by atoms with van der Waals surface area (Å²) in [5, 5.41) is 10.5. The van der Waals surface area contributed by atoms with Crippen molar-refractivity contribution in [2.24, 2.45) is 4.99 Å². The highest BCUT2D eigenvalue weighted by molar-refractivity contribution is 7.99. The van der Waals surface area contributed by atoms with Gasteiger partial charge in [0.2, 0.25) is 0 Å². The van der Waals surface area contributed by atoms with Crippen molar-refractivity contribution >= 4 is 17.7 Å². The zero-order valence-electron chi connectivity index (χ0n) is 16.2. The highest BCUT2D eigenvalue weighted by Gasteiger charge is 2.22. The molecule has 0 saturated heterocycles. The molecule has 1 aromatic rings. The van der Waals surface area contributed by atoms with Crippen LogP contribution in [0.5, 0.6) is 0 Å². The number of hydrogen-bond acceptors (Lipinski definition) is 3. The van der Waals surface area contributed by atoms with Crippen molar-refractivity contribution in [3.05, 3.63) is 35.9 Å². The fraction of sp³-hybridized carbons (Fsp3) is 0.632. The number of aliphatic imine (C=N–C) groups is 1. The van der Waals surface area contributed by atoms with Crippen molar-refractivity contribution in [2.75, 3.05) is 26.4 Å². The third-order valence-corrected chi connectivity index (χ3v) is 5.31. The molecule has 1 rings (SSSR count). The van der Waals surface area contributed by atoms with E-state index in [9.17, 15) is 0 Å². The van der Waals surface area contributed by atoms with Crippen molar-refractivity contribution in [3.8, 4) is 0 Å². The lowest BCUT2D eigenvalue weighted by molar-refractivity contribution is 0.344. The van der Waals surface area contributed by atoms with Crippen LogP contribution in [0.25, 0.3) is 0 Å². The molecular weight excluding hydrogens is 316 g/mol. The Morgan fingerprint density at radius 2 is 1.67 bits per heavy atom. The van der Waals surface area contributed by atoms with Gasteiger partial charge in [-0.1, -0.05) is 30.3 Å². The molecule has 3 N–H and O–H groups in total. The maximum atomic E-state index is 4.32. The van der Waals surface area contributed by atoms with Crippen LogP contribution in [0.3, 0.4) is 0 Å². The van der Waals surface area contributed by atoms with Crippen molar-refractivity contribution in [2.45, 2.75) is 50.9 Å². The van der Waals surface area contributed by atoms with E-state index in [1.807, 2.05) is 18.8 Å². The predicted molar refractivity (Wildman–Crippen MR) is 109 cm³/mol. The number of guanidine groups is 1. The van der Waals surface area contributed by atoms with Gasteiger partial charge in [0.25, 0.3) is 0 Å². The van der Waals surface area contributed by atoms with Gasteiger partial charge in [-0.2, -0.15) is 11.8 Å². The number of nitrogens with zero attached hydrogens (tertiary/aromatic N) is 1. The van der Waals surface area contributed by atoms with E-state index in [1.54, 1.807) is 0 Å². The second-order valence-corrected chi connectivity index (χ2v) is 8.92. The quantitative estimate of drug-likeness (QED) is 0.497. The zero-order chi connectivity index (χ0) is 18.2. The standard InChI is InChI=1S/C19H34N4S/c1-15(16-11-9-8-10-12-16)23-18(2,3)13-21-17(20-6)22-14-19(4,5)24-7/h8-12,15,23H,13-14H2,1-7H3,(H2,20,21,22). The molecule has 0 fully saturated rings. The van der Waals surface area contributed by atoms with Crippen LogP contribution < -0.4 is 16.0 Å². The fourth-order valence-electron chi connectivity index (χ4n) is 2.36. The molecule has 0 saturated carbocycles. The molecule has 0 amide bonds. The van der Waals surface area contributed by atoms with Crippen molar-refractivity contribution in [3.63, 3.8) is 0 Å². The Balaban J connectivity index is 2.51. The summed E-state index contributed by atoms with van der Waals surface area (Å²) >= 11 is 1.85. The Labute approximate surface area is 152 Å². The second kappa shape index (κ2) is 9.33. The van der Waals surface area contributed by atoms with E-state index in [0.717, 1.165) is 19.0 Å². The molecule has 0 bridgehead atoms. The first kappa shape index (κ1) is 20.8. The van der Waals surface area contributed by atoms with Gasteiger partial charge in [-0.3, -0.25) is 4.99 Å². The molecule has 0 aromatic heterocycles. The number of rotatable bonds is 8. The van der Waals surface area contributed by atoms with E-state index in [-0.39, 0.29) is 10.3 Å². The van der Waals surface area contributed by atoms with Crippen LogP contribution in [-0.2, 0) is 0 Å². The average molecular weight is 351 g/mol. The zero-order valence-corrected chi connectivity index (χ0v) is 17.1. The number of benzene rings is 1. The normalized spacial score (nSPS) is 14.4. The molecule has 0 heterocycles. The molecule has 1 aromatic carbocycles. The van der Waals surface area contributed by atoms with Crippen LogP contribution >= 0.6 is 11.8 Å². The summed E-state index contributed by atoms with van der Waals surface area (Å²) in [6, 6.07) is 10.8. The van der Waals surface area contributed by atoms with E-state index in [1.165, 1.54) is 5.56 Å². The maximum Gasteiger partial charge on any atom is 0.191 e. The molecule has 0 aliphatic rings. The second-order valence-electron chi connectivity index (χ2n) is 7.40. The Morgan fingerprint density at radius 1 is 1.08 bits per heavy atom. The molecule has 0 aliphatic heterocycles. The minimum absolute atomic E-state index is 0.0537. The van der Waals surface area contributed by atoms with Crippen LogP contribution in [0.4, 0.5) is 0 Å². The molecule has 24 heavy (non-hydrogen) atoms. The molecule has 136 valence electrons. The van der Waals surface area contributed by atoms with Gasteiger partial charge in [0, 0.05) is 36.5 Å². The van der Waals surface area contributed by atoms with Gasteiger partial charge in [-0.05, 0) is 46.4 Å². The molecule has 0 radical (unpaired) electrons. The molecule has 1 unspecified atom stereocenters. The largest absolute Gasteiger partial charge is 0.355 e. The van der Waals surface area contributed by atoms with E-state index in [4.69, 9.17) is 0 Å². The van der Waals surface area contributed by atoms with E-state index >= 15 is 0 Å². The topological polar surface area (TPSA) is 48.5 Å². The van der Waals surface area contributed by atoms with E-state index in [2.05, 4.69) is 92.1 Å². The van der Waals surface area contributed by atoms with E-state index in [0.29, 0.717) is 6.04 Å². The lowest BCUT2D eigenvalue weighted by atomic mass is 10.0. The maximum absolute atomic E-state index is 4.32. The number of hydrogen-bond donors (Lipinski definition) is 3. The summed E-state index contributed by atoms with van der Waals surface area (Å²) in [6.07, 6.45) is 2.13. The molecule has 0 aliphatic carbocycles. The summed E-state index contributed by atoms with van der Waals surface area (Å²) in [5.41, 5.74) is 1.25. The summed E-state index contributed by atoms with van der Waals surface area (Å²) in [4.78, 5) is 4.32. The molecular formula is C19H34N4S. The van der Waals surface area contributed by atoms with Crippen LogP contribution in [-0.4, -0.2) is 42.6 Å². The molecule has 0 spiro atoms. The first-order valence-corrected chi connectivity index (χ1v) is 9.74. The Bertz CT molecular complexity index is 511. The predicted octanol–water partition coefficient (Wildman–Crippen LogP) is 3.42. The van der Waals surface area contributed by atoms with Gasteiger partial charge < -0.3 is 16.0 Å². The van der Waals surface area contributed by atoms with Gasteiger partial charge in [-0.25, -0.2) is 0 Å². The number of thioether (sulfide) groups is 1. The number of nitrogens with one attached hydrogen (secondary N) is 3. The van der Waals surface area contributed by atoms with Gasteiger partial charge in [-0.15, -0.1) is 0 Å². The summed E-state index contributed by atoms with van der Waals surface area (Å²) in [5.74, 6) is 0.847. The van der Waals surface area contributed by atoms with Crippen LogP contribution in [0.1, 0.15) is 46.2 Å². The first-order chi connectivity index (χ1) is 11.2. The third kappa shape index (κ3) is 7.58. The fourth-order valence-corrected chi connectivity index (χ4v) is 2.57. The first-order valence-electron chi connectivity index (χ1n) is 8.51. The lowest BCUT2D eigenvalue weighted by Gasteiger charge is -2.32. The summed E-state index contributed by atoms with van der Waals surface area (Å²) in [7, 11) is 1.81. The van der Waals surface area contributed by atoms with Crippen LogP contribution in [0, 0.1) is 0 Å². The smallest absolute Gasteiger partial charge is 0.191 e. The minimum Gasteiger partial charge on any atom is -0.355 e. The third-order valence-electron chi connectivity index (χ3n) is 4.06. The molecule has 4 nitrogen and oxygen atoms in total. The van der Waals surface area contributed by atoms with Crippen molar-refractivity contribution in [1.29, 1.82) is 0 Å². The molecule has 5 heteroatoms. The Morgan fingerprint density at radius 3 is 2.21 bits per heavy atom. The SMILES string of the molecule is CN=C(NCC(C)(C)NC(C)c1ccccc1)NCC(C)(C)SC.